The summed E-state index contributed by atoms with van der Waals surface area (Å²) in [6.07, 6.45) is 0.591. The Labute approximate surface area is 134 Å². The van der Waals surface area contributed by atoms with Crippen LogP contribution in [0.25, 0.3) is 0 Å². The number of Topliss-reactive ketones (excluding diaryl/α,β-unsaturated/α-hetero) is 1. The summed E-state index contributed by atoms with van der Waals surface area (Å²) in [5, 5.41) is 2.66. The first-order valence-corrected chi connectivity index (χ1v) is 7.37. The predicted molar refractivity (Wildman–Crippen MR) is 82.2 cm³/mol. The predicted octanol–water partition coefficient (Wildman–Crippen LogP) is 0.238. The van der Waals surface area contributed by atoms with E-state index in [4.69, 9.17) is 9.47 Å². The number of nitrogens with zero attached hydrogens (tertiary/aromatic N) is 1. The van der Waals surface area contributed by atoms with Crippen molar-refractivity contribution < 1.29 is 23.9 Å². The van der Waals surface area contributed by atoms with Gasteiger partial charge in [0.15, 0.2) is 0 Å². The van der Waals surface area contributed by atoms with Crippen molar-refractivity contribution >= 4 is 17.6 Å². The molecule has 23 heavy (non-hydrogen) atoms. The molecular weight excluding hydrogens is 300 g/mol. The van der Waals surface area contributed by atoms with Crippen molar-refractivity contribution in [2.24, 2.45) is 5.92 Å². The van der Waals surface area contributed by atoms with Gasteiger partial charge in [0.1, 0.15) is 17.4 Å². The Kier molecular flexibility index (Phi) is 5.56. The maximum Gasteiger partial charge on any atom is 0.290 e. The number of carbonyl (C=O) groups is 3. The molecule has 124 valence electrons. The molecule has 2 rings (SSSR count). The highest BCUT2D eigenvalue weighted by molar-refractivity contribution is 6.42. The molecule has 0 radical (unpaired) electrons. The van der Waals surface area contributed by atoms with Crippen LogP contribution in [0.2, 0.25) is 0 Å². The van der Waals surface area contributed by atoms with Gasteiger partial charge < -0.3 is 19.7 Å². The van der Waals surface area contributed by atoms with Gasteiger partial charge in [-0.3, -0.25) is 14.4 Å². The van der Waals surface area contributed by atoms with Crippen LogP contribution in [0.1, 0.15) is 6.42 Å². The van der Waals surface area contributed by atoms with Crippen LogP contribution in [0, 0.1) is 5.92 Å². The lowest BCUT2D eigenvalue weighted by Gasteiger charge is -2.10. The largest absolute Gasteiger partial charge is 0.497 e. The van der Waals surface area contributed by atoms with Crippen molar-refractivity contribution in [1.82, 2.24) is 10.2 Å². The molecule has 1 fully saturated rings. The molecule has 7 nitrogen and oxygen atoms in total. The number of ketones is 1. The third-order valence-electron chi connectivity index (χ3n) is 3.58. The summed E-state index contributed by atoms with van der Waals surface area (Å²) in [6, 6.07) is 7.25. The standard InChI is InChI=1S/C16H20N2O5/c1-18-10-13(14(19)16(18)21)15(20)17-7-4-8-23-12-6-3-5-11(9-12)22-2/h3,5-6,9,13H,4,7-8,10H2,1-2H3,(H,17,20). The molecule has 1 unspecified atom stereocenters. The molecule has 0 bridgehead atoms. The molecule has 2 amide bonds. The van der Waals surface area contributed by atoms with E-state index < -0.39 is 23.5 Å². The number of methoxy groups -OCH3 is 1. The van der Waals surface area contributed by atoms with E-state index in [1.165, 1.54) is 11.9 Å². The minimum Gasteiger partial charge on any atom is -0.497 e. The fourth-order valence-electron chi connectivity index (χ4n) is 2.27. The Morgan fingerprint density at radius 2 is 2.09 bits per heavy atom. The van der Waals surface area contributed by atoms with Crippen LogP contribution in [0.3, 0.4) is 0 Å². The maximum atomic E-state index is 11.9. The number of likely N-dealkylation sites (N-methyl/N-ethyl adjacent to an activating group) is 1. The van der Waals surface area contributed by atoms with Gasteiger partial charge in [-0.1, -0.05) is 6.07 Å². The van der Waals surface area contributed by atoms with Gasteiger partial charge in [-0.25, -0.2) is 0 Å². The Morgan fingerprint density at radius 3 is 2.74 bits per heavy atom. The minimum absolute atomic E-state index is 0.143. The molecule has 1 aromatic rings. The van der Waals surface area contributed by atoms with Gasteiger partial charge in [-0.15, -0.1) is 0 Å². The van der Waals surface area contributed by atoms with Gasteiger partial charge in [0.25, 0.3) is 5.91 Å². The Balaban J connectivity index is 1.68. The second-order valence-electron chi connectivity index (χ2n) is 5.27. The number of likely N-dealkylation sites (tertiary alicyclic amines) is 1. The highest BCUT2D eigenvalue weighted by Gasteiger charge is 2.41. The third kappa shape index (κ3) is 4.21. The lowest BCUT2D eigenvalue weighted by molar-refractivity contribution is -0.142. The third-order valence-corrected chi connectivity index (χ3v) is 3.58. The smallest absolute Gasteiger partial charge is 0.290 e. The molecule has 1 aromatic carbocycles. The summed E-state index contributed by atoms with van der Waals surface area (Å²) >= 11 is 0. The first-order chi connectivity index (χ1) is 11.0. The van der Waals surface area contributed by atoms with Crippen molar-refractivity contribution in [3.8, 4) is 11.5 Å². The summed E-state index contributed by atoms with van der Waals surface area (Å²) in [7, 11) is 3.09. The van der Waals surface area contributed by atoms with E-state index in [1.54, 1.807) is 13.2 Å². The van der Waals surface area contributed by atoms with Crippen molar-refractivity contribution in [1.29, 1.82) is 0 Å². The SMILES string of the molecule is COc1cccc(OCCCNC(=O)C2CN(C)C(=O)C2=O)c1. The van der Waals surface area contributed by atoms with Crippen molar-refractivity contribution in [2.45, 2.75) is 6.42 Å². The van der Waals surface area contributed by atoms with Crippen LogP contribution >= 0.6 is 0 Å². The minimum atomic E-state index is -0.896. The monoisotopic (exact) mass is 320 g/mol. The Hall–Kier alpha value is -2.57. The zero-order chi connectivity index (χ0) is 16.8. The summed E-state index contributed by atoms with van der Waals surface area (Å²) in [6.45, 7) is 0.944. The lowest BCUT2D eigenvalue weighted by Crippen LogP contribution is -2.36. The molecule has 1 aliphatic rings. The van der Waals surface area contributed by atoms with Crippen LogP contribution in [0.5, 0.6) is 11.5 Å². The van der Waals surface area contributed by atoms with E-state index in [-0.39, 0.29) is 6.54 Å². The molecule has 7 heteroatoms. The van der Waals surface area contributed by atoms with E-state index in [1.807, 2.05) is 18.2 Å². The molecular formula is C16H20N2O5. The average molecular weight is 320 g/mol. The zero-order valence-corrected chi connectivity index (χ0v) is 13.2. The molecule has 0 spiro atoms. The first-order valence-electron chi connectivity index (χ1n) is 7.37. The zero-order valence-electron chi connectivity index (χ0n) is 13.2. The van der Waals surface area contributed by atoms with Crippen LogP contribution in [0.15, 0.2) is 24.3 Å². The lowest BCUT2D eigenvalue weighted by atomic mass is 10.1. The average Bonchev–Trinajstić information content (AvgIpc) is 2.82. The van der Waals surface area contributed by atoms with Gasteiger partial charge in [0.2, 0.25) is 11.7 Å². The molecule has 0 saturated carbocycles. The van der Waals surface area contributed by atoms with Gasteiger partial charge >= 0.3 is 0 Å². The summed E-state index contributed by atoms with van der Waals surface area (Å²) in [5.41, 5.74) is 0. The number of benzene rings is 1. The fourth-order valence-corrected chi connectivity index (χ4v) is 2.27. The van der Waals surface area contributed by atoms with E-state index in [0.717, 1.165) is 0 Å². The number of ether oxygens (including phenoxy) is 2. The van der Waals surface area contributed by atoms with Gasteiger partial charge in [0, 0.05) is 26.2 Å². The highest BCUT2D eigenvalue weighted by atomic mass is 16.5. The summed E-state index contributed by atoms with van der Waals surface area (Å²) in [5.74, 6) is -1.15. The number of hydrogen-bond acceptors (Lipinski definition) is 5. The first kappa shape index (κ1) is 16.8. The number of carbonyl (C=O) groups excluding carboxylic acids is 3. The summed E-state index contributed by atoms with van der Waals surface area (Å²) < 4.78 is 10.6. The van der Waals surface area contributed by atoms with Crippen LogP contribution in [-0.4, -0.2) is 56.4 Å². The highest BCUT2D eigenvalue weighted by Crippen LogP contribution is 2.18. The van der Waals surface area contributed by atoms with Crippen LogP contribution in [0.4, 0.5) is 0 Å². The molecule has 1 heterocycles. The van der Waals surface area contributed by atoms with E-state index in [2.05, 4.69) is 5.32 Å². The van der Waals surface area contributed by atoms with Crippen LogP contribution in [-0.2, 0) is 14.4 Å². The molecule has 0 aromatic heterocycles. The number of nitrogens with one attached hydrogen (secondary N) is 1. The molecule has 1 saturated heterocycles. The van der Waals surface area contributed by atoms with Crippen LogP contribution < -0.4 is 14.8 Å². The Bertz CT molecular complexity index is 602. The normalized spacial score (nSPS) is 17.3. The van der Waals surface area contributed by atoms with Gasteiger partial charge in [-0.2, -0.15) is 0 Å². The Morgan fingerprint density at radius 1 is 1.35 bits per heavy atom. The summed E-state index contributed by atoms with van der Waals surface area (Å²) in [4.78, 5) is 36.1. The topological polar surface area (TPSA) is 84.9 Å². The van der Waals surface area contributed by atoms with E-state index in [9.17, 15) is 14.4 Å². The van der Waals surface area contributed by atoms with Gasteiger partial charge in [-0.05, 0) is 18.6 Å². The number of hydrogen-bond donors (Lipinski definition) is 1. The maximum absolute atomic E-state index is 11.9. The number of amides is 2. The molecule has 0 aliphatic carbocycles. The molecule has 1 atom stereocenters. The number of rotatable bonds is 7. The van der Waals surface area contributed by atoms with E-state index in [0.29, 0.717) is 31.1 Å². The molecule has 1 aliphatic heterocycles. The van der Waals surface area contributed by atoms with Crippen molar-refractivity contribution in [3.05, 3.63) is 24.3 Å². The second-order valence-corrected chi connectivity index (χ2v) is 5.27. The quantitative estimate of drug-likeness (QED) is 0.442. The second kappa shape index (κ2) is 7.62. The van der Waals surface area contributed by atoms with Gasteiger partial charge in [0.05, 0.1) is 13.7 Å². The fraction of sp³-hybridized carbons (Fsp3) is 0.438. The van der Waals surface area contributed by atoms with Crippen molar-refractivity contribution in [3.63, 3.8) is 0 Å². The van der Waals surface area contributed by atoms with E-state index >= 15 is 0 Å². The molecule has 1 N–H and O–H groups in total. The van der Waals surface area contributed by atoms with Crippen molar-refractivity contribution in [2.75, 3.05) is 33.9 Å².